The van der Waals surface area contributed by atoms with Crippen LogP contribution in [-0.2, 0) is 13.0 Å². The Morgan fingerprint density at radius 2 is 2.00 bits per heavy atom. The van der Waals surface area contributed by atoms with Gasteiger partial charge in [0.25, 0.3) is 0 Å². The molecule has 0 amide bonds. The second-order valence-corrected chi connectivity index (χ2v) is 6.35. The van der Waals surface area contributed by atoms with E-state index >= 15 is 0 Å². The van der Waals surface area contributed by atoms with Crippen molar-refractivity contribution in [1.82, 2.24) is 9.55 Å². The first-order valence-electron chi connectivity index (χ1n) is 7.14. The zero-order chi connectivity index (χ0) is 14.7. The fourth-order valence-corrected chi connectivity index (χ4v) is 2.82. The van der Waals surface area contributed by atoms with Gasteiger partial charge in [0.05, 0.1) is 0 Å². The number of aryl methyl sites for hydroxylation is 1. The number of benzene rings is 1. The number of hydrogen-bond donors (Lipinski definition) is 1. The number of halogens is 1. The van der Waals surface area contributed by atoms with E-state index in [4.69, 9.17) is 10.7 Å². The summed E-state index contributed by atoms with van der Waals surface area (Å²) in [4.78, 5) is 4.79. The molecule has 2 N–H and O–H groups in total. The molecule has 1 heterocycles. The van der Waals surface area contributed by atoms with Crippen molar-refractivity contribution in [2.24, 2.45) is 5.92 Å². The van der Waals surface area contributed by atoms with Gasteiger partial charge in [-0.05, 0) is 18.4 Å². The van der Waals surface area contributed by atoms with Crippen molar-refractivity contribution in [1.29, 1.82) is 0 Å². The van der Waals surface area contributed by atoms with Crippen molar-refractivity contribution >= 4 is 21.7 Å². The maximum absolute atomic E-state index is 6.36. The van der Waals surface area contributed by atoms with Crippen LogP contribution in [0.2, 0.25) is 0 Å². The number of rotatable bonds is 5. The Morgan fingerprint density at radius 3 is 2.60 bits per heavy atom. The van der Waals surface area contributed by atoms with Crippen molar-refractivity contribution in [3.8, 4) is 11.3 Å². The summed E-state index contributed by atoms with van der Waals surface area (Å²) in [7, 11) is 0. The van der Waals surface area contributed by atoms with Crippen molar-refractivity contribution in [3.63, 3.8) is 0 Å². The molecule has 0 spiro atoms. The largest absolute Gasteiger partial charge is 0.383 e. The molecule has 2 rings (SSSR count). The van der Waals surface area contributed by atoms with Crippen LogP contribution in [0.1, 0.15) is 33.0 Å². The molecule has 0 saturated heterocycles. The zero-order valence-electron chi connectivity index (χ0n) is 12.4. The number of nitrogens with zero attached hydrogens (tertiary/aromatic N) is 2. The number of imidazole rings is 1. The average Bonchev–Trinajstić information content (AvgIpc) is 2.68. The van der Waals surface area contributed by atoms with Gasteiger partial charge in [0.15, 0.2) is 0 Å². The topological polar surface area (TPSA) is 43.8 Å². The molecule has 0 unspecified atom stereocenters. The number of nitrogens with two attached hydrogens (primary N) is 1. The number of hydrogen-bond acceptors (Lipinski definition) is 2. The summed E-state index contributed by atoms with van der Waals surface area (Å²) in [5, 5.41) is 0. The molecule has 4 heteroatoms. The van der Waals surface area contributed by atoms with Gasteiger partial charge in [0.2, 0.25) is 0 Å². The molecule has 0 aliphatic rings. The van der Waals surface area contributed by atoms with Gasteiger partial charge in [0.1, 0.15) is 17.3 Å². The third kappa shape index (κ3) is 3.06. The molecule has 0 fully saturated rings. The van der Waals surface area contributed by atoms with Gasteiger partial charge in [-0.15, -0.1) is 0 Å². The number of aromatic nitrogens is 2. The molecular formula is C16H22BrN3. The Labute approximate surface area is 129 Å². The molecule has 0 radical (unpaired) electrons. The van der Waals surface area contributed by atoms with Gasteiger partial charge in [-0.25, -0.2) is 4.98 Å². The Bertz CT molecular complexity index is 587. The first-order chi connectivity index (χ1) is 9.54. The van der Waals surface area contributed by atoms with Gasteiger partial charge in [0, 0.05) is 23.0 Å². The second-order valence-electron chi connectivity index (χ2n) is 5.50. The average molecular weight is 336 g/mol. The minimum absolute atomic E-state index is 0.550. The molecule has 0 bridgehead atoms. The maximum Gasteiger partial charge on any atom is 0.131 e. The molecule has 1 aromatic heterocycles. The highest BCUT2D eigenvalue weighted by Gasteiger charge is 2.17. The lowest BCUT2D eigenvalue weighted by molar-refractivity contribution is 0.510. The smallest absolute Gasteiger partial charge is 0.131 e. The van der Waals surface area contributed by atoms with Crippen LogP contribution in [0.5, 0.6) is 0 Å². The predicted octanol–water partition coefficient (Wildman–Crippen LogP) is 4.50. The van der Waals surface area contributed by atoms with Crippen LogP contribution in [0.3, 0.4) is 0 Å². The molecule has 3 nitrogen and oxygen atoms in total. The van der Waals surface area contributed by atoms with E-state index in [1.807, 2.05) is 18.2 Å². The summed E-state index contributed by atoms with van der Waals surface area (Å²) in [6.07, 6.45) is 2.03. The highest BCUT2D eigenvalue weighted by molar-refractivity contribution is 9.10. The first kappa shape index (κ1) is 15.1. The second kappa shape index (κ2) is 6.44. The van der Waals surface area contributed by atoms with Crippen LogP contribution >= 0.6 is 15.9 Å². The molecular weight excluding hydrogens is 314 g/mol. The van der Waals surface area contributed by atoms with E-state index < -0.39 is 0 Å². The highest BCUT2D eigenvalue weighted by atomic mass is 79.9. The van der Waals surface area contributed by atoms with Crippen molar-refractivity contribution in [3.05, 3.63) is 34.6 Å². The lowest BCUT2D eigenvalue weighted by atomic mass is 10.1. The van der Waals surface area contributed by atoms with Crippen LogP contribution in [0.25, 0.3) is 11.3 Å². The van der Waals surface area contributed by atoms with E-state index in [2.05, 4.69) is 47.3 Å². The molecule has 2 aromatic rings. The standard InChI is InChI=1S/C16H22BrN3/c1-4-7-14-19-15(12-8-5-6-9-13(12)17)16(18)20(14)10-11(2)3/h5-6,8-9,11H,4,7,10,18H2,1-3H3. The van der Waals surface area contributed by atoms with E-state index in [-0.39, 0.29) is 0 Å². The fraction of sp³-hybridized carbons (Fsp3) is 0.438. The summed E-state index contributed by atoms with van der Waals surface area (Å²) < 4.78 is 3.20. The molecule has 1 aromatic carbocycles. The van der Waals surface area contributed by atoms with Gasteiger partial charge in [-0.3, -0.25) is 0 Å². The van der Waals surface area contributed by atoms with Crippen LogP contribution in [-0.4, -0.2) is 9.55 Å². The minimum atomic E-state index is 0.550. The highest BCUT2D eigenvalue weighted by Crippen LogP contribution is 2.32. The fourth-order valence-electron chi connectivity index (χ4n) is 2.35. The Kier molecular flexibility index (Phi) is 4.86. The van der Waals surface area contributed by atoms with Crippen molar-refractivity contribution in [2.45, 2.75) is 40.2 Å². The van der Waals surface area contributed by atoms with Crippen molar-refractivity contribution in [2.75, 3.05) is 5.73 Å². The molecule has 0 aliphatic heterocycles. The summed E-state index contributed by atoms with van der Waals surface area (Å²) in [6.45, 7) is 7.49. The number of anilines is 1. The van der Waals surface area contributed by atoms with Gasteiger partial charge >= 0.3 is 0 Å². The summed E-state index contributed by atoms with van der Waals surface area (Å²) in [5.74, 6) is 2.41. The summed E-state index contributed by atoms with van der Waals surface area (Å²) >= 11 is 3.59. The van der Waals surface area contributed by atoms with Gasteiger partial charge < -0.3 is 10.3 Å². The lowest BCUT2D eigenvalue weighted by Gasteiger charge is -2.12. The van der Waals surface area contributed by atoms with Crippen LogP contribution in [0.15, 0.2) is 28.7 Å². The quantitative estimate of drug-likeness (QED) is 0.873. The van der Waals surface area contributed by atoms with Crippen LogP contribution in [0, 0.1) is 5.92 Å². The van der Waals surface area contributed by atoms with E-state index in [0.29, 0.717) is 5.92 Å². The van der Waals surface area contributed by atoms with E-state index in [0.717, 1.165) is 46.8 Å². The van der Waals surface area contributed by atoms with Crippen LogP contribution < -0.4 is 5.73 Å². The Balaban J connectivity index is 2.52. The van der Waals surface area contributed by atoms with E-state index in [9.17, 15) is 0 Å². The SMILES string of the molecule is CCCc1nc(-c2ccccc2Br)c(N)n1CC(C)C. The molecule has 20 heavy (non-hydrogen) atoms. The monoisotopic (exact) mass is 335 g/mol. The zero-order valence-corrected chi connectivity index (χ0v) is 13.9. The molecule has 108 valence electrons. The first-order valence-corrected chi connectivity index (χ1v) is 7.93. The Morgan fingerprint density at radius 1 is 1.30 bits per heavy atom. The maximum atomic E-state index is 6.36. The van der Waals surface area contributed by atoms with E-state index in [1.165, 1.54) is 0 Å². The van der Waals surface area contributed by atoms with E-state index in [1.54, 1.807) is 0 Å². The minimum Gasteiger partial charge on any atom is -0.383 e. The lowest BCUT2D eigenvalue weighted by Crippen LogP contribution is -2.11. The van der Waals surface area contributed by atoms with Gasteiger partial charge in [-0.2, -0.15) is 0 Å². The van der Waals surface area contributed by atoms with Gasteiger partial charge in [-0.1, -0.05) is 54.9 Å². The Hall–Kier alpha value is -1.29. The molecule has 0 atom stereocenters. The third-order valence-corrected chi connectivity index (χ3v) is 3.93. The van der Waals surface area contributed by atoms with Crippen LogP contribution in [0.4, 0.5) is 5.82 Å². The summed E-state index contributed by atoms with van der Waals surface area (Å²) in [6, 6.07) is 8.09. The third-order valence-electron chi connectivity index (χ3n) is 3.24. The predicted molar refractivity (Wildman–Crippen MR) is 88.6 cm³/mol. The molecule has 0 aliphatic carbocycles. The summed E-state index contributed by atoms with van der Waals surface area (Å²) in [5.41, 5.74) is 8.31. The normalized spacial score (nSPS) is 11.2. The number of nitrogen functional groups attached to an aromatic ring is 1. The van der Waals surface area contributed by atoms with Crippen molar-refractivity contribution < 1.29 is 0 Å². The molecule has 0 saturated carbocycles.